The molecular weight excluding hydrogens is 274 g/mol. The van der Waals surface area contributed by atoms with Gasteiger partial charge in [0, 0.05) is 0 Å². The molecule has 0 aliphatic carbocycles. The number of nitrogens with zero attached hydrogens (tertiary/aromatic N) is 3. The highest BCUT2D eigenvalue weighted by atomic mass is 79.9. The first-order chi connectivity index (χ1) is 7.52. The smallest absolute Gasteiger partial charge is 0.267 e. The number of hydrogen-bond donors (Lipinski definition) is 2. The minimum atomic E-state index is -0.254. The van der Waals surface area contributed by atoms with Crippen LogP contribution in [0.15, 0.2) is 15.6 Å². The van der Waals surface area contributed by atoms with Crippen molar-refractivity contribution in [3.05, 3.63) is 32.5 Å². The van der Waals surface area contributed by atoms with E-state index >= 15 is 0 Å². The second-order valence-electron chi connectivity index (χ2n) is 3.37. The Labute approximate surface area is 99.6 Å². The fourth-order valence-corrected chi connectivity index (χ4v) is 1.77. The molecule has 0 fully saturated rings. The van der Waals surface area contributed by atoms with Gasteiger partial charge in [0.25, 0.3) is 5.56 Å². The molecular formula is C9H10BrN5O. The third-order valence-corrected chi connectivity index (χ3v) is 3.04. The maximum atomic E-state index is 11.4. The summed E-state index contributed by atoms with van der Waals surface area (Å²) in [5.41, 5.74) is 7.64. The third-order valence-electron chi connectivity index (χ3n) is 2.33. The van der Waals surface area contributed by atoms with Crippen LogP contribution < -0.4 is 11.3 Å². The molecule has 84 valence electrons. The summed E-state index contributed by atoms with van der Waals surface area (Å²) in [5.74, 6) is 0.432. The zero-order valence-electron chi connectivity index (χ0n) is 8.78. The van der Waals surface area contributed by atoms with Gasteiger partial charge in [0.1, 0.15) is 4.47 Å². The van der Waals surface area contributed by atoms with E-state index in [9.17, 15) is 4.79 Å². The van der Waals surface area contributed by atoms with Crippen molar-refractivity contribution in [1.82, 2.24) is 19.7 Å². The Morgan fingerprint density at radius 3 is 2.75 bits per heavy atom. The summed E-state index contributed by atoms with van der Waals surface area (Å²) in [4.78, 5) is 17.9. The molecule has 0 unspecified atom stereocenters. The van der Waals surface area contributed by atoms with Crippen LogP contribution >= 0.6 is 15.9 Å². The number of halogens is 1. The molecule has 0 spiro atoms. The summed E-state index contributed by atoms with van der Waals surface area (Å²) in [6, 6.07) is 0. The lowest BCUT2D eigenvalue weighted by molar-refractivity contribution is 0.792. The van der Waals surface area contributed by atoms with Crippen LogP contribution in [0.1, 0.15) is 11.4 Å². The van der Waals surface area contributed by atoms with Gasteiger partial charge in [-0.15, -0.1) is 0 Å². The van der Waals surface area contributed by atoms with Gasteiger partial charge in [-0.25, -0.2) is 9.67 Å². The van der Waals surface area contributed by atoms with E-state index in [1.54, 1.807) is 11.6 Å². The third kappa shape index (κ3) is 1.53. The van der Waals surface area contributed by atoms with Crippen molar-refractivity contribution >= 4 is 21.6 Å². The fourth-order valence-electron chi connectivity index (χ4n) is 1.38. The van der Waals surface area contributed by atoms with Crippen LogP contribution in [-0.4, -0.2) is 19.7 Å². The molecule has 0 aliphatic heterocycles. The number of hydrogen-bond acceptors (Lipinski definition) is 4. The van der Waals surface area contributed by atoms with Gasteiger partial charge in [-0.1, -0.05) is 0 Å². The first-order valence-electron chi connectivity index (χ1n) is 4.57. The molecule has 7 heteroatoms. The first kappa shape index (κ1) is 10.9. The Morgan fingerprint density at radius 1 is 1.50 bits per heavy atom. The number of anilines is 1. The Hall–Kier alpha value is -1.63. The van der Waals surface area contributed by atoms with Gasteiger partial charge >= 0.3 is 0 Å². The van der Waals surface area contributed by atoms with E-state index in [4.69, 9.17) is 5.73 Å². The molecule has 2 aromatic heterocycles. The highest BCUT2D eigenvalue weighted by Gasteiger charge is 2.14. The van der Waals surface area contributed by atoms with Gasteiger partial charge in [0.05, 0.1) is 23.4 Å². The zero-order valence-corrected chi connectivity index (χ0v) is 10.4. The minimum Gasteiger partial charge on any atom is -0.396 e. The standard InChI is InChI=1S/C9H10BrN5O/c1-4-7(11)5(2)15(14-4)8-6(10)9(16)13-3-12-8/h3H,11H2,1-2H3,(H,12,13,16). The number of aromatic nitrogens is 4. The number of H-pyrrole nitrogens is 1. The molecule has 0 radical (unpaired) electrons. The Kier molecular flexibility index (Phi) is 2.55. The van der Waals surface area contributed by atoms with E-state index in [0.29, 0.717) is 21.7 Å². The molecule has 0 amide bonds. The van der Waals surface area contributed by atoms with E-state index < -0.39 is 0 Å². The van der Waals surface area contributed by atoms with Gasteiger partial charge < -0.3 is 10.7 Å². The normalized spacial score (nSPS) is 10.7. The molecule has 0 aromatic carbocycles. The molecule has 3 N–H and O–H groups in total. The predicted molar refractivity (Wildman–Crippen MR) is 63.6 cm³/mol. The van der Waals surface area contributed by atoms with Crippen molar-refractivity contribution in [3.63, 3.8) is 0 Å². The van der Waals surface area contributed by atoms with Gasteiger partial charge in [-0.3, -0.25) is 4.79 Å². The molecule has 0 atom stereocenters. The van der Waals surface area contributed by atoms with Crippen LogP contribution in [0.3, 0.4) is 0 Å². The highest BCUT2D eigenvalue weighted by molar-refractivity contribution is 9.10. The van der Waals surface area contributed by atoms with Crippen LogP contribution in [0.5, 0.6) is 0 Å². The largest absolute Gasteiger partial charge is 0.396 e. The highest BCUT2D eigenvalue weighted by Crippen LogP contribution is 2.20. The SMILES string of the molecule is Cc1nn(-c2nc[nH]c(=O)c2Br)c(C)c1N. The number of rotatable bonds is 1. The quantitative estimate of drug-likeness (QED) is 0.814. The van der Waals surface area contributed by atoms with Crippen molar-refractivity contribution in [2.75, 3.05) is 5.73 Å². The summed E-state index contributed by atoms with van der Waals surface area (Å²) in [6.07, 6.45) is 1.33. The van der Waals surface area contributed by atoms with Crippen LogP contribution in [0.2, 0.25) is 0 Å². The number of nitrogens with one attached hydrogen (secondary N) is 1. The molecule has 6 nitrogen and oxygen atoms in total. The summed E-state index contributed by atoms with van der Waals surface area (Å²) < 4.78 is 1.88. The van der Waals surface area contributed by atoms with Gasteiger partial charge in [-0.05, 0) is 29.8 Å². The topological polar surface area (TPSA) is 89.6 Å². The number of aryl methyl sites for hydroxylation is 1. The second-order valence-corrected chi connectivity index (χ2v) is 4.16. The van der Waals surface area contributed by atoms with E-state index in [2.05, 4.69) is 31.0 Å². The van der Waals surface area contributed by atoms with Crippen LogP contribution in [-0.2, 0) is 0 Å². The molecule has 2 heterocycles. The van der Waals surface area contributed by atoms with Gasteiger partial charge in [0.15, 0.2) is 5.82 Å². The van der Waals surface area contributed by atoms with Crippen molar-refractivity contribution in [3.8, 4) is 5.82 Å². The number of nitrogens with two attached hydrogens (primary N) is 1. The summed E-state index contributed by atoms with van der Waals surface area (Å²) in [5, 5.41) is 4.23. The Bertz CT molecular complexity index is 600. The average molecular weight is 284 g/mol. The predicted octanol–water partition coefficient (Wildman–Crippen LogP) is 0.917. The van der Waals surface area contributed by atoms with E-state index in [1.165, 1.54) is 6.33 Å². The van der Waals surface area contributed by atoms with Gasteiger partial charge in [0.2, 0.25) is 0 Å². The molecule has 16 heavy (non-hydrogen) atoms. The van der Waals surface area contributed by atoms with Crippen molar-refractivity contribution < 1.29 is 0 Å². The van der Waals surface area contributed by atoms with Crippen LogP contribution in [0.4, 0.5) is 5.69 Å². The molecule has 0 saturated heterocycles. The van der Waals surface area contributed by atoms with Crippen molar-refractivity contribution in [1.29, 1.82) is 0 Å². The molecule has 0 saturated carbocycles. The van der Waals surface area contributed by atoms with E-state index in [1.807, 2.05) is 6.92 Å². The summed E-state index contributed by atoms with van der Waals surface area (Å²) in [7, 11) is 0. The van der Waals surface area contributed by atoms with E-state index in [0.717, 1.165) is 5.69 Å². The lowest BCUT2D eigenvalue weighted by Crippen LogP contribution is -2.13. The number of aromatic amines is 1. The molecule has 2 rings (SSSR count). The first-order valence-corrected chi connectivity index (χ1v) is 5.37. The minimum absolute atomic E-state index is 0.254. The van der Waals surface area contributed by atoms with E-state index in [-0.39, 0.29) is 5.56 Å². The zero-order chi connectivity index (χ0) is 11.9. The average Bonchev–Trinajstić information content (AvgIpc) is 2.50. The molecule has 0 bridgehead atoms. The van der Waals surface area contributed by atoms with Crippen molar-refractivity contribution in [2.45, 2.75) is 13.8 Å². The second kappa shape index (κ2) is 3.75. The fraction of sp³-hybridized carbons (Fsp3) is 0.222. The van der Waals surface area contributed by atoms with Gasteiger partial charge in [-0.2, -0.15) is 5.10 Å². The summed E-state index contributed by atoms with van der Waals surface area (Å²) in [6.45, 7) is 3.63. The monoisotopic (exact) mass is 283 g/mol. The van der Waals surface area contributed by atoms with Crippen molar-refractivity contribution in [2.24, 2.45) is 0 Å². The van der Waals surface area contributed by atoms with Crippen LogP contribution in [0, 0.1) is 13.8 Å². The molecule has 0 aliphatic rings. The molecule has 2 aromatic rings. The maximum Gasteiger partial charge on any atom is 0.267 e. The maximum absolute atomic E-state index is 11.4. The number of nitrogen functional groups attached to an aromatic ring is 1. The Balaban J connectivity index is 2.73. The lowest BCUT2D eigenvalue weighted by Gasteiger charge is -2.04. The summed E-state index contributed by atoms with van der Waals surface area (Å²) >= 11 is 3.18. The lowest BCUT2D eigenvalue weighted by atomic mass is 10.3. The Morgan fingerprint density at radius 2 is 2.19 bits per heavy atom. The van der Waals surface area contributed by atoms with Crippen LogP contribution in [0.25, 0.3) is 5.82 Å².